The third kappa shape index (κ3) is 3.55. The molecule has 1 fully saturated rings. The number of allylic oxidation sites excluding steroid dienone is 1. The molecule has 2 aromatic rings. The summed E-state index contributed by atoms with van der Waals surface area (Å²) in [7, 11) is 0. The number of morpholine rings is 1. The van der Waals surface area contributed by atoms with E-state index in [-0.39, 0.29) is 0 Å². The summed E-state index contributed by atoms with van der Waals surface area (Å²) < 4.78 is 7.95. The summed E-state index contributed by atoms with van der Waals surface area (Å²) in [5, 5.41) is 4.68. The van der Waals surface area contributed by atoms with Crippen molar-refractivity contribution in [3.63, 3.8) is 0 Å². The van der Waals surface area contributed by atoms with Gasteiger partial charge in [-0.1, -0.05) is 24.3 Å². The first kappa shape index (κ1) is 16.6. The van der Waals surface area contributed by atoms with E-state index in [2.05, 4.69) is 71.1 Å². The number of hydrogen-bond acceptors (Lipinski definition) is 3. The fourth-order valence-electron chi connectivity index (χ4n) is 4.14. The zero-order valence-corrected chi connectivity index (χ0v) is 15.2. The van der Waals surface area contributed by atoms with Crippen molar-refractivity contribution in [2.45, 2.75) is 45.3 Å². The number of hydrogen-bond donors (Lipinski definition) is 0. The van der Waals surface area contributed by atoms with Crippen LogP contribution >= 0.6 is 0 Å². The topological polar surface area (TPSA) is 30.3 Å². The summed E-state index contributed by atoms with van der Waals surface area (Å²) in [4.78, 5) is 2.50. The van der Waals surface area contributed by atoms with E-state index >= 15 is 0 Å². The van der Waals surface area contributed by atoms with Gasteiger partial charge in [-0.3, -0.25) is 4.90 Å². The van der Waals surface area contributed by atoms with Crippen molar-refractivity contribution in [3.05, 3.63) is 53.9 Å². The highest BCUT2D eigenvalue weighted by atomic mass is 16.5. The Morgan fingerprint density at radius 2 is 1.88 bits per heavy atom. The van der Waals surface area contributed by atoms with E-state index in [1.54, 1.807) is 0 Å². The zero-order chi connectivity index (χ0) is 17.2. The Morgan fingerprint density at radius 3 is 2.64 bits per heavy atom. The maximum Gasteiger partial charge on any atom is 0.0678 e. The van der Waals surface area contributed by atoms with Crippen LogP contribution in [-0.2, 0) is 11.2 Å². The Bertz CT molecular complexity index is 740. The van der Waals surface area contributed by atoms with Gasteiger partial charge in [0.2, 0.25) is 0 Å². The van der Waals surface area contributed by atoms with E-state index in [9.17, 15) is 0 Å². The molecule has 1 saturated heterocycles. The van der Waals surface area contributed by atoms with Crippen LogP contribution in [0.15, 0.2) is 42.6 Å². The standard InChI is InChI=1S/C21H27N3O/c1-16-14-23(15-17(2)25-16)12-11-18-7-6-10-21-20(18)13-22-24(21)19-8-4-3-5-9-19/h3-5,8-9,11,13,16-17H,6-7,10,12,14-15H2,1-2H3/b18-11+/t16-,17+. The number of fused-ring (bicyclic) bond motifs is 1. The molecule has 2 heterocycles. The Kier molecular flexibility index (Phi) is 4.73. The van der Waals surface area contributed by atoms with Crippen LogP contribution in [0.5, 0.6) is 0 Å². The van der Waals surface area contributed by atoms with Gasteiger partial charge in [0, 0.05) is 25.2 Å². The zero-order valence-electron chi connectivity index (χ0n) is 15.2. The third-order valence-corrected chi connectivity index (χ3v) is 5.17. The van der Waals surface area contributed by atoms with E-state index in [0.29, 0.717) is 12.2 Å². The lowest BCUT2D eigenvalue weighted by Gasteiger charge is -2.34. The van der Waals surface area contributed by atoms with Crippen molar-refractivity contribution >= 4 is 5.57 Å². The number of ether oxygens (including phenoxy) is 1. The highest BCUT2D eigenvalue weighted by Gasteiger charge is 2.23. The van der Waals surface area contributed by atoms with Crippen molar-refractivity contribution < 1.29 is 4.74 Å². The first-order chi connectivity index (χ1) is 12.2. The van der Waals surface area contributed by atoms with Gasteiger partial charge in [-0.25, -0.2) is 4.68 Å². The minimum atomic E-state index is 0.324. The molecule has 0 saturated carbocycles. The Morgan fingerprint density at radius 1 is 1.12 bits per heavy atom. The third-order valence-electron chi connectivity index (χ3n) is 5.17. The molecule has 0 N–H and O–H groups in total. The molecule has 0 radical (unpaired) electrons. The lowest BCUT2D eigenvalue weighted by Crippen LogP contribution is -2.45. The van der Waals surface area contributed by atoms with E-state index in [0.717, 1.165) is 38.2 Å². The van der Waals surface area contributed by atoms with Gasteiger partial charge in [-0.05, 0) is 50.8 Å². The van der Waals surface area contributed by atoms with Gasteiger partial charge < -0.3 is 4.74 Å². The van der Waals surface area contributed by atoms with Crippen molar-refractivity contribution in [1.82, 2.24) is 14.7 Å². The minimum Gasteiger partial charge on any atom is -0.373 e. The van der Waals surface area contributed by atoms with E-state index in [1.165, 1.54) is 23.3 Å². The van der Waals surface area contributed by atoms with Gasteiger partial charge in [0.05, 0.1) is 29.8 Å². The minimum absolute atomic E-state index is 0.324. The molecule has 0 amide bonds. The normalized spacial score (nSPS) is 25.9. The van der Waals surface area contributed by atoms with Gasteiger partial charge in [-0.15, -0.1) is 0 Å². The predicted molar refractivity (Wildman–Crippen MR) is 101 cm³/mol. The van der Waals surface area contributed by atoms with Gasteiger partial charge in [0.1, 0.15) is 0 Å². The summed E-state index contributed by atoms with van der Waals surface area (Å²) >= 11 is 0. The molecule has 4 heteroatoms. The maximum atomic E-state index is 5.84. The molecular formula is C21H27N3O. The van der Waals surface area contributed by atoms with Crippen LogP contribution in [0.2, 0.25) is 0 Å². The summed E-state index contributed by atoms with van der Waals surface area (Å²) in [5.74, 6) is 0. The molecule has 0 bridgehead atoms. The van der Waals surface area contributed by atoms with Crippen molar-refractivity contribution in [1.29, 1.82) is 0 Å². The van der Waals surface area contributed by atoms with Crippen LogP contribution in [0.4, 0.5) is 0 Å². The SMILES string of the molecule is C[C@@H]1CN(C/C=C2\CCCc3c2cnn3-c2ccccc2)C[C@H](C)O1. The monoisotopic (exact) mass is 337 g/mol. The molecule has 25 heavy (non-hydrogen) atoms. The smallest absolute Gasteiger partial charge is 0.0678 e. The molecule has 4 nitrogen and oxygen atoms in total. The molecule has 1 aromatic carbocycles. The maximum absolute atomic E-state index is 5.84. The van der Waals surface area contributed by atoms with Crippen molar-refractivity contribution in [2.24, 2.45) is 0 Å². The molecule has 1 aliphatic heterocycles. The molecular weight excluding hydrogens is 310 g/mol. The first-order valence-corrected chi connectivity index (χ1v) is 9.40. The molecule has 1 aliphatic carbocycles. The fraction of sp³-hybridized carbons (Fsp3) is 0.476. The second-order valence-electron chi connectivity index (χ2n) is 7.31. The van der Waals surface area contributed by atoms with Gasteiger partial charge in [0.15, 0.2) is 0 Å². The summed E-state index contributed by atoms with van der Waals surface area (Å²) in [5.41, 5.74) is 5.30. The molecule has 132 valence electrons. The quantitative estimate of drug-likeness (QED) is 0.855. The fourth-order valence-corrected chi connectivity index (χ4v) is 4.14. The van der Waals surface area contributed by atoms with E-state index < -0.39 is 0 Å². The largest absolute Gasteiger partial charge is 0.373 e. The number of aromatic nitrogens is 2. The number of para-hydroxylation sites is 1. The van der Waals surface area contributed by atoms with Crippen LogP contribution in [0.25, 0.3) is 11.3 Å². The Labute approximate surface area is 150 Å². The van der Waals surface area contributed by atoms with Crippen molar-refractivity contribution in [2.75, 3.05) is 19.6 Å². The van der Waals surface area contributed by atoms with E-state index in [1.807, 2.05) is 0 Å². The average Bonchev–Trinajstić information content (AvgIpc) is 3.04. The lowest BCUT2D eigenvalue weighted by atomic mass is 9.92. The number of rotatable bonds is 3. The second-order valence-corrected chi connectivity index (χ2v) is 7.31. The molecule has 2 aliphatic rings. The molecule has 0 unspecified atom stereocenters. The number of benzene rings is 1. The highest BCUT2D eigenvalue weighted by Crippen LogP contribution is 2.32. The van der Waals surface area contributed by atoms with Gasteiger partial charge >= 0.3 is 0 Å². The Hall–Kier alpha value is -1.91. The molecule has 1 aromatic heterocycles. The van der Waals surface area contributed by atoms with Crippen LogP contribution in [0.3, 0.4) is 0 Å². The van der Waals surface area contributed by atoms with Gasteiger partial charge in [-0.2, -0.15) is 5.10 Å². The molecule has 0 spiro atoms. The predicted octanol–water partition coefficient (Wildman–Crippen LogP) is 3.70. The summed E-state index contributed by atoms with van der Waals surface area (Å²) in [6, 6.07) is 10.5. The van der Waals surface area contributed by atoms with Crippen LogP contribution in [-0.4, -0.2) is 46.5 Å². The Balaban J connectivity index is 1.55. The van der Waals surface area contributed by atoms with Crippen molar-refractivity contribution in [3.8, 4) is 5.69 Å². The van der Waals surface area contributed by atoms with Crippen LogP contribution in [0, 0.1) is 0 Å². The van der Waals surface area contributed by atoms with Crippen LogP contribution in [0.1, 0.15) is 37.9 Å². The number of nitrogens with zero attached hydrogens (tertiary/aromatic N) is 3. The van der Waals surface area contributed by atoms with Crippen LogP contribution < -0.4 is 0 Å². The first-order valence-electron chi connectivity index (χ1n) is 9.40. The molecule has 2 atom stereocenters. The second kappa shape index (κ2) is 7.14. The lowest BCUT2D eigenvalue weighted by molar-refractivity contribution is -0.0646. The molecule has 4 rings (SSSR count). The average molecular weight is 337 g/mol. The van der Waals surface area contributed by atoms with E-state index in [4.69, 9.17) is 4.74 Å². The van der Waals surface area contributed by atoms with Gasteiger partial charge in [0.25, 0.3) is 0 Å². The summed E-state index contributed by atoms with van der Waals surface area (Å²) in [6.45, 7) is 7.37. The summed E-state index contributed by atoms with van der Waals surface area (Å²) in [6.07, 6.45) is 8.58. The highest BCUT2D eigenvalue weighted by molar-refractivity contribution is 5.69.